The van der Waals surface area contributed by atoms with Crippen LogP contribution in [0.2, 0.25) is 5.02 Å². The molecule has 0 aromatic heterocycles. The molecule has 2 aromatic rings. The molecule has 134 valence electrons. The normalized spacial score (nSPS) is 15.2. The first kappa shape index (κ1) is 18.0. The fraction of sp³-hybridized carbons (Fsp3) is 0.200. The number of esters is 1. The molecule has 6 heteroatoms. The van der Waals surface area contributed by atoms with Crippen LogP contribution in [0.15, 0.2) is 53.2 Å². The van der Waals surface area contributed by atoms with E-state index in [9.17, 15) is 4.79 Å². The van der Waals surface area contributed by atoms with Gasteiger partial charge in [-0.3, -0.25) is 0 Å². The molecule has 0 bridgehead atoms. The van der Waals surface area contributed by atoms with Gasteiger partial charge in [0.1, 0.15) is 0 Å². The summed E-state index contributed by atoms with van der Waals surface area (Å²) in [4.78, 5) is 16.4. The molecule has 0 fully saturated rings. The summed E-state index contributed by atoms with van der Waals surface area (Å²) in [5.41, 5.74) is 1.59. The number of rotatable bonds is 5. The van der Waals surface area contributed by atoms with E-state index in [1.54, 1.807) is 18.2 Å². The van der Waals surface area contributed by atoms with Gasteiger partial charge in [-0.05, 0) is 49.8 Å². The van der Waals surface area contributed by atoms with Crippen LogP contribution in [-0.2, 0) is 9.53 Å². The summed E-state index contributed by atoms with van der Waals surface area (Å²) in [5, 5.41) is 0.392. The zero-order chi connectivity index (χ0) is 18.7. The molecule has 0 amide bonds. The molecule has 26 heavy (non-hydrogen) atoms. The Balaban J connectivity index is 1.95. The first-order valence-corrected chi connectivity index (χ1v) is 8.48. The molecule has 0 radical (unpaired) electrons. The minimum Gasteiger partial charge on any atom is -0.493 e. The van der Waals surface area contributed by atoms with Crippen molar-refractivity contribution < 1.29 is 19.0 Å². The smallest absolute Gasteiger partial charge is 0.363 e. The average molecular weight is 372 g/mol. The largest absolute Gasteiger partial charge is 0.493 e. The predicted molar refractivity (Wildman–Crippen MR) is 101 cm³/mol. The Bertz CT molecular complexity index is 888. The molecular weight excluding hydrogens is 354 g/mol. The average Bonchev–Trinajstić information content (AvgIpc) is 2.98. The number of carbonyl (C=O) groups excluding carboxylic acids is 1. The maximum absolute atomic E-state index is 12.1. The van der Waals surface area contributed by atoms with E-state index in [2.05, 4.69) is 4.99 Å². The second-order valence-corrected chi connectivity index (χ2v) is 6.31. The quantitative estimate of drug-likeness (QED) is 0.574. The Hall–Kier alpha value is -2.79. The first-order chi connectivity index (χ1) is 12.5. The molecular formula is C20H18ClNO4. The number of benzene rings is 2. The first-order valence-electron chi connectivity index (χ1n) is 8.10. The van der Waals surface area contributed by atoms with Crippen molar-refractivity contribution in [2.24, 2.45) is 4.99 Å². The standard InChI is InChI=1S/C20H18ClNO4/c1-12(2)25-18-15(21)9-13(11-17(18)24-3)10-16-20(23)26-19(22-16)14-7-5-4-6-8-14/h4-12H,1-3H3. The van der Waals surface area contributed by atoms with Crippen molar-refractivity contribution in [3.05, 3.63) is 64.3 Å². The van der Waals surface area contributed by atoms with E-state index in [1.165, 1.54) is 7.11 Å². The van der Waals surface area contributed by atoms with Crippen molar-refractivity contribution in [2.75, 3.05) is 7.11 Å². The SMILES string of the molecule is COc1cc(C=C2N=C(c3ccccc3)OC2=O)cc(Cl)c1OC(C)C. The molecule has 1 aliphatic rings. The third-order valence-electron chi connectivity index (χ3n) is 3.55. The third-order valence-corrected chi connectivity index (χ3v) is 3.83. The number of hydrogen-bond donors (Lipinski definition) is 0. The van der Waals surface area contributed by atoms with Crippen LogP contribution in [0.5, 0.6) is 11.5 Å². The number of ether oxygens (including phenoxy) is 3. The van der Waals surface area contributed by atoms with Crippen molar-refractivity contribution in [1.82, 2.24) is 0 Å². The Morgan fingerprint density at radius 3 is 2.58 bits per heavy atom. The van der Waals surface area contributed by atoms with E-state index >= 15 is 0 Å². The number of halogens is 1. The second kappa shape index (κ2) is 7.62. The predicted octanol–water partition coefficient (Wildman–Crippen LogP) is 4.48. The fourth-order valence-electron chi connectivity index (χ4n) is 2.44. The Kier molecular flexibility index (Phi) is 5.28. The topological polar surface area (TPSA) is 57.1 Å². The Morgan fingerprint density at radius 1 is 1.19 bits per heavy atom. The minimum atomic E-state index is -0.513. The van der Waals surface area contributed by atoms with E-state index in [4.69, 9.17) is 25.8 Å². The molecule has 5 nitrogen and oxygen atoms in total. The van der Waals surface area contributed by atoms with Gasteiger partial charge in [0.2, 0.25) is 5.90 Å². The van der Waals surface area contributed by atoms with Gasteiger partial charge in [0.05, 0.1) is 18.2 Å². The molecule has 1 heterocycles. The number of carbonyl (C=O) groups is 1. The maximum Gasteiger partial charge on any atom is 0.363 e. The maximum atomic E-state index is 12.1. The summed E-state index contributed by atoms with van der Waals surface area (Å²) in [6.07, 6.45) is 1.56. The van der Waals surface area contributed by atoms with Gasteiger partial charge in [-0.15, -0.1) is 0 Å². The number of hydrogen-bond acceptors (Lipinski definition) is 5. The van der Waals surface area contributed by atoms with Gasteiger partial charge < -0.3 is 14.2 Å². The van der Waals surface area contributed by atoms with Crippen LogP contribution in [0.25, 0.3) is 6.08 Å². The van der Waals surface area contributed by atoms with Gasteiger partial charge >= 0.3 is 5.97 Å². The van der Waals surface area contributed by atoms with E-state index in [1.807, 2.05) is 44.2 Å². The lowest BCUT2D eigenvalue weighted by Gasteiger charge is -2.15. The van der Waals surface area contributed by atoms with Crippen molar-refractivity contribution in [3.8, 4) is 11.5 Å². The lowest BCUT2D eigenvalue weighted by atomic mass is 10.1. The highest BCUT2D eigenvalue weighted by Gasteiger charge is 2.24. The van der Waals surface area contributed by atoms with Gasteiger partial charge in [0, 0.05) is 5.56 Å². The van der Waals surface area contributed by atoms with Crippen molar-refractivity contribution in [2.45, 2.75) is 20.0 Å². The van der Waals surface area contributed by atoms with E-state index < -0.39 is 5.97 Å². The highest BCUT2D eigenvalue weighted by atomic mass is 35.5. The van der Waals surface area contributed by atoms with Crippen LogP contribution >= 0.6 is 11.6 Å². The lowest BCUT2D eigenvalue weighted by molar-refractivity contribution is -0.129. The molecule has 2 aromatic carbocycles. The molecule has 0 aliphatic carbocycles. The molecule has 0 unspecified atom stereocenters. The summed E-state index contributed by atoms with van der Waals surface area (Å²) in [7, 11) is 1.53. The van der Waals surface area contributed by atoms with Crippen LogP contribution in [0, 0.1) is 0 Å². The van der Waals surface area contributed by atoms with Crippen molar-refractivity contribution in [1.29, 1.82) is 0 Å². The van der Waals surface area contributed by atoms with Gasteiger partial charge in [-0.1, -0.05) is 29.8 Å². The molecule has 3 rings (SSSR count). The van der Waals surface area contributed by atoms with E-state index in [-0.39, 0.29) is 17.7 Å². The summed E-state index contributed by atoms with van der Waals surface area (Å²) in [5.74, 6) is 0.714. The molecule has 0 N–H and O–H groups in total. The Morgan fingerprint density at radius 2 is 1.92 bits per heavy atom. The van der Waals surface area contributed by atoms with Gasteiger partial charge in [0.15, 0.2) is 17.2 Å². The van der Waals surface area contributed by atoms with Crippen molar-refractivity contribution in [3.63, 3.8) is 0 Å². The van der Waals surface area contributed by atoms with Crippen LogP contribution < -0.4 is 9.47 Å². The van der Waals surface area contributed by atoms with Crippen molar-refractivity contribution >= 4 is 29.5 Å². The zero-order valence-corrected chi connectivity index (χ0v) is 15.4. The zero-order valence-electron chi connectivity index (χ0n) is 14.7. The minimum absolute atomic E-state index is 0.0477. The number of aliphatic imine (C=N–C) groups is 1. The number of cyclic esters (lactones) is 1. The Labute approximate surface area is 156 Å². The summed E-state index contributed by atoms with van der Waals surface area (Å²) in [6, 6.07) is 12.7. The van der Waals surface area contributed by atoms with Crippen LogP contribution in [0.3, 0.4) is 0 Å². The highest BCUT2D eigenvalue weighted by Crippen LogP contribution is 2.38. The van der Waals surface area contributed by atoms with Crippen LogP contribution in [0.4, 0.5) is 0 Å². The number of nitrogens with zero attached hydrogens (tertiary/aromatic N) is 1. The van der Waals surface area contributed by atoms with Gasteiger partial charge in [-0.2, -0.15) is 0 Å². The van der Waals surface area contributed by atoms with E-state index in [0.29, 0.717) is 22.1 Å². The monoisotopic (exact) mass is 371 g/mol. The second-order valence-electron chi connectivity index (χ2n) is 5.90. The number of methoxy groups -OCH3 is 1. The molecule has 1 aliphatic heterocycles. The molecule has 0 spiro atoms. The molecule has 0 saturated carbocycles. The molecule has 0 atom stereocenters. The summed E-state index contributed by atoms with van der Waals surface area (Å²) >= 11 is 6.32. The highest BCUT2D eigenvalue weighted by molar-refractivity contribution is 6.32. The molecule has 0 saturated heterocycles. The van der Waals surface area contributed by atoms with E-state index in [0.717, 1.165) is 5.56 Å². The summed E-state index contributed by atoms with van der Waals surface area (Å²) in [6.45, 7) is 3.81. The van der Waals surface area contributed by atoms with Crippen LogP contribution in [-0.4, -0.2) is 25.1 Å². The lowest BCUT2D eigenvalue weighted by Crippen LogP contribution is -2.07. The van der Waals surface area contributed by atoms with Gasteiger partial charge in [0.25, 0.3) is 0 Å². The third kappa shape index (κ3) is 3.89. The van der Waals surface area contributed by atoms with Gasteiger partial charge in [-0.25, -0.2) is 9.79 Å². The fourth-order valence-corrected chi connectivity index (χ4v) is 2.71. The summed E-state index contributed by atoms with van der Waals surface area (Å²) < 4.78 is 16.3. The van der Waals surface area contributed by atoms with Crippen LogP contribution in [0.1, 0.15) is 25.0 Å².